The molecule has 106 valence electrons. The molecule has 1 aliphatic heterocycles. The Bertz CT molecular complexity index is 406. The first kappa shape index (κ1) is 14.8. The fourth-order valence-electron chi connectivity index (χ4n) is 2.33. The van der Waals surface area contributed by atoms with Crippen LogP contribution in [0.15, 0.2) is 16.7 Å². The molecule has 1 saturated heterocycles. The first-order valence-corrected chi connectivity index (χ1v) is 7.68. The maximum Gasteiger partial charge on any atom is 0.142 e. The van der Waals surface area contributed by atoms with Crippen molar-refractivity contribution in [2.24, 2.45) is 5.73 Å². The normalized spacial score (nSPS) is 16.9. The summed E-state index contributed by atoms with van der Waals surface area (Å²) in [7, 11) is 0. The molecule has 1 aromatic rings. The van der Waals surface area contributed by atoms with Crippen LogP contribution < -0.4 is 10.6 Å². The number of piperidine rings is 1. The van der Waals surface area contributed by atoms with Gasteiger partial charge in [0.15, 0.2) is 0 Å². The van der Waals surface area contributed by atoms with Crippen LogP contribution in [-0.4, -0.2) is 37.3 Å². The third-order valence-corrected chi connectivity index (χ3v) is 3.99. The van der Waals surface area contributed by atoms with E-state index >= 15 is 0 Å². The Morgan fingerprint density at radius 1 is 1.47 bits per heavy atom. The van der Waals surface area contributed by atoms with Crippen molar-refractivity contribution in [2.75, 3.05) is 31.1 Å². The third kappa shape index (κ3) is 4.16. The Labute approximate surface area is 123 Å². The SMILES string of the molecule is Cc1cnc(N2CCC(OCCCN)CC2)c(Br)c1. The van der Waals surface area contributed by atoms with Crippen LogP contribution in [0, 0.1) is 6.92 Å². The van der Waals surface area contributed by atoms with Gasteiger partial charge in [0.1, 0.15) is 5.82 Å². The van der Waals surface area contributed by atoms with Crippen molar-refractivity contribution < 1.29 is 4.74 Å². The van der Waals surface area contributed by atoms with Crippen LogP contribution in [0.25, 0.3) is 0 Å². The van der Waals surface area contributed by atoms with Crippen LogP contribution in [0.2, 0.25) is 0 Å². The van der Waals surface area contributed by atoms with Crippen LogP contribution in [0.4, 0.5) is 5.82 Å². The smallest absolute Gasteiger partial charge is 0.142 e. The topological polar surface area (TPSA) is 51.4 Å². The van der Waals surface area contributed by atoms with Gasteiger partial charge in [-0.25, -0.2) is 4.98 Å². The number of pyridine rings is 1. The van der Waals surface area contributed by atoms with Gasteiger partial charge in [0.2, 0.25) is 0 Å². The number of rotatable bonds is 5. The van der Waals surface area contributed by atoms with Crippen molar-refractivity contribution in [1.29, 1.82) is 0 Å². The van der Waals surface area contributed by atoms with Gasteiger partial charge in [0.25, 0.3) is 0 Å². The summed E-state index contributed by atoms with van der Waals surface area (Å²) in [5.41, 5.74) is 6.65. The summed E-state index contributed by atoms with van der Waals surface area (Å²) in [6.45, 7) is 5.55. The molecule has 0 spiro atoms. The average Bonchev–Trinajstić information content (AvgIpc) is 2.40. The quantitative estimate of drug-likeness (QED) is 0.844. The van der Waals surface area contributed by atoms with E-state index in [2.05, 4.69) is 38.8 Å². The monoisotopic (exact) mass is 327 g/mol. The number of anilines is 1. The molecular weight excluding hydrogens is 306 g/mol. The van der Waals surface area contributed by atoms with Crippen LogP contribution >= 0.6 is 15.9 Å². The molecule has 1 fully saturated rings. The summed E-state index contributed by atoms with van der Waals surface area (Å²) >= 11 is 3.60. The predicted molar refractivity (Wildman–Crippen MR) is 81.5 cm³/mol. The summed E-state index contributed by atoms with van der Waals surface area (Å²) in [5, 5.41) is 0. The van der Waals surface area contributed by atoms with Gasteiger partial charge in [-0.2, -0.15) is 0 Å². The lowest BCUT2D eigenvalue weighted by atomic mass is 10.1. The molecule has 0 radical (unpaired) electrons. The molecule has 4 nitrogen and oxygen atoms in total. The maximum atomic E-state index is 5.82. The fraction of sp³-hybridized carbons (Fsp3) is 0.643. The largest absolute Gasteiger partial charge is 0.378 e. The summed E-state index contributed by atoms with van der Waals surface area (Å²) in [5.74, 6) is 1.05. The molecule has 0 bridgehead atoms. The van der Waals surface area contributed by atoms with Crippen molar-refractivity contribution in [3.05, 3.63) is 22.3 Å². The van der Waals surface area contributed by atoms with Gasteiger partial charge in [0.05, 0.1) is 10.6 Å². The van der Waals surface area contributed by atoms with Crippen molar-refractivity contribution >= 4 is 21.7 Å². The summed E-state index contributed by atoms with van der Waals surface area (Å²) in [4.78, 5) is 6.85. The molecule has 0 aliphatic carbocycles. The van der Waals surface area contributed by atoms with E-state index in [1.54, 1.807) is 0 Å². The standard InChI is InChI=1S/C14H22BrN3O/c1-11-9-13(15)14(17-10-11)18-6-3-12(4-7-18)19-8-2-5-16/h9-10,12H,2-8,16H2,1H3. The molecule has 2 heterocycles. The second kappa shape index (κ2) is 7.22. The average molecular weight is 328 g/mol. The number of hydrogen-bond acceptors (Lipinski definition) is 4. The Morgan fingerprint density at radius 3 is 2.84 bits per heavy atom. The number of aryl methyl sites for hydroxylation is 1. The van der Waals surface area contributed by atoms with Gasteiger partial charge >= 0.3 is 0 Å². The molecule has 1 aliphatic rings. The predicted octanol–water partition coefficient (Wildman–Crippen LogP) is 2.49. The number of nitrogens with two attached hydrogens (primary N) is 1. The van der Waals surface area contributed by atoms with Gasteiger partial charge < -0.3 is 15.4 Å². The molecule has 0 unspecified atom stereocenters. The number of ether oxygens (including phenoxy) is 1. The minimum atomic E-state index is 0.382. The van der Waals surface area contributed by atoms with Crippen LogP contribution in [0.5, 0.6) is 0 Å². The van der Waals surface area contributed by atoms with Gasteiger partial charge in [-0.15, -0.1) is 0 Å². The van der Waals surface area contributed by atoms with Crippen LogP contribution in [-0.2, 0) is 4.74 Å². The molecular formula is C14H22BrN3O. The Morgan fingerprint density at radius 2 is 2.21 bits per heavy atom. The van der Waals surface area contributed by atoms with E-state index in [0.717, 1.165) is 49.2 Å². The van der Waals surface area contributed by atoms with Gasteiger partial charge in [-0.05, 0) is 60.3 Å². The van der Waals surface area contributed by atoms with E-state index in [-0.39, 0.29) is 0 Å². The van der Waals surface area contributed by atoms with Gasteiger partial charge in [0, 0.05) is 25.9 Å². The first-order chi connectivity index (χ1) is 9.20. The van der Waals surface area contributed by atoms with E-state index < -0.39 is 0 Å². The van der Waals surface area contributed by atoms with E-state index in [1.807, 2.05) is 6.20 Å². The maximum absolute atomic E-state index is 5.82. The number of aromatic nitrogens is 1. The van der Waals surface area contributed by atoms with Crippen molar-refractivity contribution in [3.63, 3.8) is 0 Å². The highest BCUT2D eigenvalue weighted by Gasteiger charge is 2.21. The summed E-state index contributed by atoms with van der Waals surface area (Å²) in [6.07, 6.45) is 5.38. The highest BCUT2D eigenvalue weighted by molar-refractivity contribution is 9.10. The first-order valence-electron chi connectivity index (χ1n) is 6.89. The molecule has 19 heavy (non-hydrogen) atoms. The zero-order chi connectivity index (χ0) is 13.7. The second-order valence-electron chi connectivity index (χ2n) is 5.02. The van der Waals surface area contributed by atoms with E-state index in [9.17, 15) is 0 Å². The van der Waals surface area contributed by atoms with Crippen molar-refractivity contribution in [2.45, 2.75) is 32.3 Å². The lowest BCUT2D eigenvalue weighted by Crippen LogP contribution is -2.37. The summed E-state index contributed by atoms with van der Waals surface area (Å²) < 4.78 is 6.90. The van der Waals surface area contributed by atoms with Gasteiger partial charge in [-0.3, -0.25) is 0 Å². The third-order valence-electron chi connectivity index (χ3n) is 3.40. The van der Waals surface area contributed by atoms with Crippen molar-refractivity contribution in [3.8, 4) is 0 Å². The highest BCUT2D eigenvalue weighted by atomic mass is 79.9. The molecule has 0 aromatic carbocycles. The van der Waals surface area contributed by atoms with E-state index in [1.165, 1.54) is 5.56 Å². The number of hydrogen-bond donors (Lipinski definition) is 1. The molecule has 0 saturated carbocycles. The molecule has 0 amide bonds. The van der Waals surface area contributed by atoms with Crippen molar-refractivity contribution in [1.82, 2.24) is 4.98 Å². The lowest BCUT2D eigenvalue weighted by Gasteiger charge is -2.33. The zero-order valence-corrected chi connectivity index (χ0v) is 13.0. The second-order valence-corrected chi connectivity index (χ2v) is 5.87. The molecule has 5 heteroatoms. The minimum absolute atomic E-state index is 0.382. The lowest BCUT2D eigenvalue weighted by molar-refractivity contribution is 0.0365. The Kier molecular flexibility index (Phi) is 5.60. The summed E-state index contributed by atoms with van der Waals surface area (Å²) in [6, 6.07) is 2.12. The van der Waals surface area contributed by atoms with Crippen LogP contribution in [0.3, 0.4) is 0 Å². The van der Waals surface area contributed by atoms with Gasteiger partial charge in [-0.1, -0.05) is 0 Å². The Hall–Kier alpha value is -0.650. The molecule has 0 atom stereocenters. The fourth-order valence-corrected chi connectivity index (χ4v) is 3.04. The van der Waals surface area contributed by atoms with Crippen LogP contribution in [0.1, 0.15) is 24.8 Å². The highest BCUT2D eigenvalue weighted by Crippen LogP contribution is 2.27. The molecule has 2 N–H and O–H groups in total. The van der Waals surface area contributed by atoms with E-state index in [4.69, 9.17) is 10.5 Å². The number of nitrogens with zero attached hydrogens (tertiary/aromatic N) is 2. The Balaban J connectivity index is 1.85. The minimum Gasteiger partial charge on any atom is -0.378 e. The van der Waals surface area contributed by atoms with E-state index in [0.29, 0.717) is 12.6 Å². The molecule has 1 aromatic heterocycles. The zero-order valence-electron chi connectivity index (χ0n) is 11.4. The molecule has 2 rings (SSSR count). The number of halogens is 1.